The fourth-order valence-corrected chi connectivity index (χ4v) is 8.31. The van der Waals surface area contributed by atoms with E-state index in [0.29, 0.717) is 0 Å². The molecule has 0 saturated carbocycles. The number of hydrogen-bond acceptors (Lipinski definition) is 0. The highest BCUT2D eigenvalue weighted by Gasteiger charge is 2.20. The lowest BCUT2D eigenvalue weighted by Gasteiger charge is -2.21. The van der Waals surface area contributed by atoms with Crippen LogP contribution in [-0.2, 0) is 0 Å². The molecule has 1 unspecified atom stereocenters. The average Bonchev–Trinajstić information content (AvgIpc) is 3.31. The fourth-order valence-electron chi connectivity index (χ4n) is 8.31. The molecule has 10 aromatic carbocycles. The standard InChI is InChI=1S/C55H38/c1-4-16-41(17-5-1)53(45-33-29-40(30-34-45)48-26-14-22-39-15-10-11-23-47(39)48)44-31-27-38(28-32-44)46-35-36-50-49-24-12-13-25-51(49)54(42-18-6-2-7-19-42)55(52(50)37-46)43-20-8-3-9-21-43/h1-37,53H/i1D,4D,5D,16D,17D. The molecule has 0 N–H and O–H groups in total. The van der Waals surface area contributed by atoms with E-state index in [1.54, 1.807) is 0 Å². The maximum absolute atomic E-state index is 9.04. The Morgan fingerprint density at radius 2 is 0.818 bits per heavy atom. The zero-order chi connectivity index (χ0) is 40.9. The Morgan fingerprint density at radius 3 is 1.49 bits per heavy atom. The highest BCUT2D eigenvalue weighted by Crippen LogP contribution is 2.45. The second-order valence-electron chi connectivity index (χ2n) is 14.0. The summed E-state index contributed by atoms with van der Waals surface area (Å²) in [5.74, 6) is -0.615. The Balaban J connectivity index is 1.12. The van der Waals surface area contributed by atoms with Crippen molar-refractivity contribution in [1.82, 2.24) is 0 Å². The molecule has 0 spiro atoms. The lowest BCUT2D eigenvalue weighted by Crippen LogP contribution is -2.03. The topological polar surface area (TPSA) is 0 Å². The van der Waals surface area contributed by atoms with Crippen molar-refractivity contribution < 1.29 is 6.85 Å². The van der Waals surface area contributed by atoms with Gasteiger partial charge in [-0.1, -0.05) is 218 Å². The minimum absolute atomic E-state index is 0.197. The van der Waals surface area contributed by atoms with Crippen molar-refractivity contribution in [3.63, 3.8) is 0 Å². The van der Waals surface area contributed by atoms with E-state index in [0.717, 1.165) is 60.7 Å². The van der Waals surface area contributed by atoms with Crippen molar-refractivity contribution in [3.05, 3.63) is 241 Å². The molecule has 55 heavy (non-hydrogen) atoms. The molecule has 1 atom stereocenters. The van der Waals surface area contributed by atoms with Crippen LogP contribution in [0.2, 0.25) is 0 Å². The van der Waals surface area contributed by atoms with Gasteiger partial charge in [0.1, 0.15) is 0 Å². The molecule has 0 amide bonds. The zero-order valence-corrected chi connectivity index (χ0v) is 30.1. The van der Waals surface area contributed by atoms with Gasteiger partial charge < -0.3 is 0 Å². The monoisotopic (exact) mass is 703 g/mol. The summed E-state index contributed by atoms with van der Waals surface area (Å²) in [5.41, 5.74) is 10.8. The molecule has 0 heteroatoms. The molecular formula is C55H38. The molecule has 0 fully saturated rings. The van der Waals surface area contributed by atoms with E-state index in [-0.39, 0.29) is 29.7 Å². The Bertz CT molecular complexity index is 3200. The molecule has 10 rings (SSSR count). The highest BCUT2D eigenvalue weighted by atomic mass is 14.2. The predicted molar refractivity (Wildman–Crippen MR) is 235 cm³/mol. The van der Waals surface area contributed by atoms with Gasteiger partial charge in [-0.25, -0.2) is 0 Å². The van der Waals surface area contributed by atoms with Crippen LogP contribution in [0.1, 0.15) is 29.5 Å². The van der Waals surface area contributed by atoms with Crippen LogP contribution >= 0.6 is 0 Å². The van der Waals surface area contributed by atoms with Crippen molar-refractivity contribution in [2.45, 2.75) is 5.92 Å². The van der Waals surface area contributed by atoms with E-state index in [1.807, 2.05) is 36.4 Å². The molecule has 10 aromatic rings. The lowest BCUT2D eigenvalue weighted by molar-refractivity contribution is 0.978. The first kappa shape index (κ1) is 27.6. The van der Waals surface area contributed by atoms with Gasteiger partial charge >= 0.3 is 0 Å². The number of benzene rings is 10. The van der Waals surface area contributed by atoms with Gasteiger partial charge in [-0.05, 0) is 99.6 Å². The molecule has 258 valence electrons. The summed E-state index contributed by atoms with van der Waals surface area (Å²) >= 11 is 0. The van der Waals surface area contributed by atoms with Crippen LogP contribution in [0.5, 0.6) is 0 Å². The first-order valence-electron chi connectivity index (χ1n) is 21.2. The van der Waals surface area contributed by atoms with Crippen LogP contribution in [0.25, 0.3) is 76.8 Å². The summed E-state index contributed by atoms with van der Waals surface area (Å²) in [6.45, 7) is 0. The van der Waals surface area contributed by atoms with Gasteiger partial charge in [0.05, 0.1) is 6.85 Å². The maximum Gasteiger partial charge on any atom is 0.0626 e. The largest absolute Gasteiger partial charge is 0.0626 e. The second kappa shape index (κ2) is 14.1. The minimum Gasteiger partial charge on any atom is -0.0622 e. The molecule has 0 nitrogen and oxygen atoms in total. The van der Waals surface area contributed by atoms with Crippen LogP contribution in [0, 0.1) is 0 Å². The molecular weight excluding hydrogens is 661 g/mol. The maximum atomic E-state index is 9.04. The van der Waals surface area contributed by atoms with Gasteiger partial charge in [-0.15, -0.1) is 0 Å². The first-order chi connectivity index (χ1) is 29.4. The molecule has 0 aliphatic rings. The Kier molecular flexibility index (Phi) is 7.06. The SMILES string of the molecule is [2H]c1c([2H])c([2H])c(C(c2ccc(-c3ccc4c(c3)c(-c3ccccc3)c(-c3ccccc3)c3ccccc34)cc2)c2ccc(-c3cccc4ccccc34)cc2)c([2H])c1[2H]. The summed E-state index contributed by atoms with van der Waals surface area (Å²) < 4.78 is 43.6. The summed E-state index contributed by atoms with van der Waals surface area (Å²) in [6.07, 6.45) is 0. The van der Waals surface area contributed by atoms with Crippen LogP contribution < -0.4 is 0 Å². The summed E-state index contributed by atoms with van der Waals surface area (Å²) in [4.78, 5) is 0. The Morgan fingerprint density at radius 1 is 0.309 bits per heavy atom. The van der Waals surface area contributed by atoms with Crippen molar-refractivity contribution in [1.29, 1.82) is 0 Å². The Hall–Kier alpha value is -7.02. The molecule has 0 aliphatic heterocycles. The van der Waals surface area contributed by atoms with Crippen LogP contribution in [0.4, 0.5) is 0 Å². The van der Waals surface area contributed by atoms with Gasteiger partial charge in [0.15, 0.2) is 0 Å². The van der Waals surface area contributed by atoms with Gasteiger partial charge in [-0.3, -0.25) is 0 Å². The van der Waals surface area contributed by atoms with E-state index in [1.165, 1.54) is 27.3 Å². The second-order valence-corrected chi connectivity index (χ2v) is 14.0. The number of fused-ring (bicyclic) bond motifs is 4. The van der Waals surface area contributed by atoms with Crippen molar-refractivity contribution in [2.75, 3.05) is 0 Å². The molecule has 0 saturated heterocycles. The Labute approximate surface area is 329 Å². The first-order valence-corrected chi connectivity index (χ1v) is 18.7. The van der Waals surface area contributed by atoms with Crippen molar-refractivity contribution in [2.24, 2.45) is 0 Å². The third-order valence-electron chi connectivity index (χ3n) is 10.9. The van der Waals surface area contributed by atoms with E-state index in [9.17, 15) is 0 Å². The average molecular weight is 704 g/mol. The third-order valence-corrected chi connectivity index (χ3v) is 10.9. The number of hydrogen-bond donors (Lipinski definition) is 0. The third kappa shape index (κ3) is 5.99. The summed E-state index contributed by atoms with van der Waals surface area (Å²) in [7, 11) is 0. The highest BCUT2D eigenvalue weighted by molar-refractivity contribution is 6.22. The van der Waals surface area contributed by atoms with Gasteiger partial charge in [0.2, 0.25) is 0 Å². The zero-order valence-electron chi connectivity index (χ0n) is 35.1. The normalized spacial score (nSPS) is 13.2. The van der Waals surface area contributed by atoms with E-state index >= 15 is 0 Å². The molecule has 0 aromatic heterocycles. The van der Waals surface area contributed by atoms with Crippen LogP contribution in [0.15, 0.2) is 224 Å². The minimum atomic E-state index is -0.615. The van der Waals surface area contributed by atoms with E-state index in [4.69, 9.17) is 6.85 Å². The summed E-state index contributed by atoms with van der Waals surface area (Å²) in [5, 5.41) is 7.04. The van der Waals surface area contributed by atoms with Crippen molar-refractivity contribution in [3.8, 4) is 44.5 Å². The van der Waals surface area contributed by atoms with Crippen molar-refractivity contribution >= 4 is 32.3 Å². The van der Waals surface area contributed by atoms with Gasteiger partial charge in [0, 0.05) is 5.92 Å². The van der Waals surface area contributed by atoms with Gasteiger partial charge in [0.25, 0.3) is 0 Å². The fraction of sp³-hybridized carbons (Fsp3) is 0.0182. The lowest BCUT2D eigenvalue weighted by atomic mass is 9.83. The van der Waals surface area contributed by atoms with Crippen LogP contribution in [-0.4, -0.2) is 0 Å². The molecule has 0 heterocycles. The smallest absolute Gasteiger partial charge is 0.0622 e. The summed E-state index contributed by atoms with van der Waals surface area (Å²) in [6, 6.07) is 66.2. The molecule has 0 bridgehead atoms. The quantitative estimate of drug-likeness (QED) is 0.114. The van der Waals surface area contributed by atoms with Gasteiger partial charge in [-0.2, -0.15) is 0 Å². The number of rotatable bonds is 7. The van der Waals surface area contributed by atoms with E-state index in [2.05, 4.69) is 158 Å². The van der Waals surface area contributed by atoms with E-state index < -0.39 is 12.0 Å². The molecule has 0 aliphatic carbocycles. The predicted octanol–water partition coefficient (Wildman–Crippen LogP) is 15.0. The van der Waals surface area contributed by atoms with Crippen LogP contribution in [0.3, 0.4) is 0 Å². The molecule has 0 radical (unpaired) electrons.